The fourth-order valence-corrected chi connectivity index (χ4v) is 1.43. The van der Waals surface area contributed by atoms with Crippen molar-refractivity contribution in [2.75, 3.05) is 0 Å². The van der Waals surface area contributed by atoms with Gasteiger partial charge in [-0.15, -0.1) is 0 Å². The van der Waals surface area contributed by atoms with E-state index in [1.54, 1.807) is 6.42 Å². The number of hydrogen-bond donors (Lipinski definition) is 0. The maximum atomic E-state index is 13.2. The molecule has 9 heavy (non-hydrogen) atoms. The van der Waals surface area contributed by atoms with E-state index in [-0.39, 0.29) is 0 Å². The van der Waals surface area contributed by atoms with Crippen LogP contribution in [-0.2, 0) is 0 Å². The van der Waals surface area contributed by atoms with Gasteiger partial charge in [0.2, 0.25) is 0 Å². The molecule has 0 aromatic rings. The first-order valence-electron chi connectivity index (χ1n) is 3.76. The molecule has 0 spiro atoms. The maximum absolute atomic E-state index is 13.2. The Bertz CT molecular complexity index is 82.6. The number of rotatable bonds is 1. The minimum absolute atomic E-state index is 0.753. The predicted molar refractivity (Wildman–Crippen MR) is 36.9 cm³/mol. The van der Waals surface area contributed by atoms with Gasteiger partial charge in [0, 0.05) is 0 Å². The van der Waals surface area contributed by atoms with Crippen molar-refractivity contribution >= 4 is 0 Å². The van der Waals surface area contributed by atoms with E-state index in [0.29, 0.717) is 0 Å². The van der Waals surface area contributed by atoms with Gasteiger partial charge in [-0.25, -0.2) is 4.39 Å². The molecule has 1 aliphatic carbocycles. The first-order valence-corrected chi connectivity index (χ1v) is 3.76. The highest BCUT2D eigenvalue weighted by Gasteiger charge is 2.29. The van der Waals surface area contributed by atoms with Gasteiger partial charge >= 0.3 is 0 Å². The third-order valence-electron chi connectivity index (χ3n) is 2.20. The van der Waals surface area contributed by atoms with Gasteiger partial charge in [-0.05, 0) is 19.3 Å². The van der Waals surface area contributed by atoms with Crippen LogP contribution in [0.2, 0.25) is 0 Å². The molecule has 1 rings (SSSR count). The van der Waals surface area contributed by atoms with Crippen LogP contribution in [0, 0.1) is 6.42 Å². The summed E-state index contributed by atoms with van der Waals surface area (Å²) in [6.07, 6.45) is 6.58. The molecule has 0 aromatic carbocycles. The Balaban J connectivity index is 2.37. The average molecular weight is 129 g/mol. The molecule has 0 atom stereocenters. The van der Waals surface area contributed by atoms with Crippen molar-refractivity contribution < 1.29 is 4.39 Å². The summed E-state index contributed by atoms with van der Waals surface area (Å²) in [5, 5.41) is 0. The Hall–Kier alpha value is -0.0700. The summed E-state index contributed by atoms with van der Waals surface area (Å²) in [6, 6.07) is 0. The Morgan fingerprint density at radius 1 is 1.22 bits per heavy atom. The normalized spacial score (nSPS) is 26.0. The lowest BCUT2D eigenvalue weighted by atomic mass is 9.85. The molecule has 0 saturated heterocycles. The topological polar surface area (TPSA) is 0 Å². The van der Waals surface area contributed by atoms with Crippen molar-refractivity contribution in [2.24, 2.45) is 0 Å². The summed E-state index contributed by atoms with van der Waals surface area (Å²) in [7, 11) is 0. The van der Waals surface area contributed by atoms with Crippen LogP contribution < -0.4 is 0 Å². The molecule has 0 N–H and O–H groups in total. The Morgan fingerprint density at radius 2 is 1.78 bits per heavy atom. The van der Waals surface area contributed by atoms with Gasteiger partial charge in [0.25, 0.3) is 0 Å². The summed E-state index contributed by atoms with van der Waals surface area (Å²) in [6.45, 7) is 1.82. The molecule has 0 heterocycles. The summed E-state index contributed by atoms with van der Waals surface area (Å²) in [5.41, 5.74) is -0.905. The average Bonchev–Trinajstić information content (AvgIpc) is 1.90. The van der Waals surface area contributed by atoms with Crippen LogP contribution >= 0.6 is 0 Å². The van der Waals surface area contributed by atoms with E-state index < -0.39 is 5.67 Å². The second kappa shape index (κ2) is 2.68. The van der Waals surface area contributed by atoms with E-state index in [0.717, 1.165) is 25.7 Å². The highest BCUT2D eigenvalue weighted by Crippen LogP contribution is 2.33. The fourth-order valence-electron chi connectivity index (χ4n) is 1.43. The molecule has 53 valence electrons. The van der Waals surface area contributed by atoms with Crippen molar-refractivity contribution in [1.29, 1.82) is 0 Å². The molecule has 1 fully saturated rings. The largest absolute Gasteiger partial charge is 0.244 e. The van der Waals surface area contributed by atoms with Crippen LogP contribution in [0.4, 0.5) is 4.39 Å². The van der Waals surface area contributed by atoms with Crippen LogP contribution in [0.1, 0.15) is 39.0 Å². The Kier molecular flexibility index (Phi) is 2.09. The third kappa shape index (κ3) is 1.67. The standard InChI is InChI=1S/C8H14F/c1-2-8(9)6-4-3-5-7-8/h2H,3-7H2,1H3. The zero-order valence-corrected chi connectivity index (χ0v) is 5.99. The smallest absolute Gasteiger partial charge is 0.114 e. The van der Waals surface area contributed by atoms with Gasteiger partial charge < -0.3 is 0 Å². The van der Waals surface area contributed by atoms with Crippen molar-refractivity contribution in [3.8, 4) is 0 Å². The molecule has 1 saturated carbocycles. The highest BCUT2D eigenvalue weighted by molar-refractivity contribution is 4.92. The van der Waals surface area contributed by atoms with Gasteiger partial charge in [0.1, 0.15) is 5.67 Å². The quantitative estimate of drug-likeness (QED) is 0.510. The molecular formula is C8H14F. The van der Waals surface area contributed by atoms with E-state index >= 15 is 0 Å². The summed E-state index contributed by atoms with van der Waals surface area (Å²) in [5.74, 6) is 0. The summed E-state index contributed by atoms with van der Waals surface area (Å²) < 4.78 is 13.2. The first-order chi connectivity index (χ1) is 4.27. The van der Waals surface area contributed by atoms with Crippen molar-refractivity contribution in [2.45, 2.75) is 44.7 Å². The van der Waals surface area contributed by atoms with Gasteiger partial charge in [-0.1, -0.05) is 26.2 Å². The number of hydrogen-bond acceptors (Lipinski definition) is 0. The zero-order chi connectivity index (χ0) is 6.74. The Morgan fingerprint density at radius 3 is 2.11 bits per heavy atom. The fraction of sp³-hybridized carbons (Fsp3) is 0.875. The number of halogens is 1. The van der Waals surface area contributed by atoms with Crippen molar-refractivity contribution in [3.63, 3.8) is 0 Å². The van der Waals surface area contributed by atoms with Crippen LogP contribution in [0.25, 0.3) is 0 Å². The lowest BCUT2D eigenvalue weighted by Gasteiger charge is -2.27. The van der Waals surface area contributed by atoms with Gasteiger partial charge in [0.15, 0.2) is 0 Å². The molecule has 0 nitrogen and oxygen atoms in total. The van der Waals surface area contributed by atoms with E-state index in [2.05, 4.69) is 0 Å². The van der Waals surface area contributed by atoms with E-state index in [1.165, 1.54) is 6.42 Å². The minimum atomic E-state index is -0.905. The third-order valence-corrected chi connectivity index (χ3v) is 2.20. The maximum Gasteiger partial charge on any atom is 0.114 e. The molecular weight excluding hydrogens is 115 g/mol. The Labute approximate surface area is 56.5 Å². The van der Waals surface area contributed by atoms with E-state index in [9.17, 15) is 4.39 Å². The summed E-state index contributed by atoms with van der Waals surface area (Å²) in [4.78, 5) is 0. The van der Waals surface area contributed by atoms with Crippen molar-refractivity contribution in [1.82, 2.24) is 0 Å². The molecule has 1 heteroatoms. The number of alkyl halides is 1. The van der Waals surface area contributed by atoms with Crippen LogP contribution in [0.3, 0.4) is 0 Å². The van der Waals surface area contributed by atoms with Crippen LogP contribution in [-0.4, -0.2) is 5.67 Å². The molecule has 1 aliphatic rings. The molecule has 0 bridgehead atoms. The van der Waals surface area contributed by atoms with Crippen molar-refractivity contribution in [3.05, 3.63) is 6.42 Å². The molecule has 0 aliphatic heterocycles. The lowest BCUT2D eigenvalue weighted by Crippen LogP contribution is -2.25. The van der Waals surface area contributed by atoms with E-state index in [1.807, 2.05) is 6.92 Å². The second-order valence-electron chi connectivity index (χ2n) is 2.88. The van der Waals surface area contributed by atoms with Crippen LogP contribution in [0.15, 0.2) is 0 Å². The predicted octanol–water partition coefficient (Wildman–Crippen LogP) is 2.88. The minimum Gasteiger partial charge on any atom is -0.244 e. The zero-order valence-electron chi connectivity index (χ0n) is 5.99. The van der Waals surface area contributed by atoms with Gasteiger partial charge in [-0.3, -0.25) is 0 Å². The molecule has 1 radical (unpaired) electrons. The van der Waals surface area contributed by atoms with Crippen LogP contribution in [0.5, 0.6) is 0 Å². The molecule has 0 aromatic heterocycles. The van der Waals surface area contributed by atoms with E-state index in [4.69, 9.17) is 0 Å². The SMILES string of the molecule is C[CH]C1(F)CCCCC1. The molecule has 0 amide bonds. The first kappa shape index (κ1) is 7.04. The second-order valence-corrected chi connectivity index (χ2v) is 2.88. The molecule has 0 unspecified atom stereocenters. The summed E-state index contributed by atoms with van der Waals surface area (Å²) >= 11 is 0. The monoisotopic (exact) mass is 129 g/mol. The van der Waals surface area contributed by atoms with Gasteiger partial charge in [0.05, 0.1) is 0 Å². The van der Waals surface area contributed by atoms with Gasteiger partial charge in [-0.2, -0.15) is 0 Å². The lowest BCUT2D eigenvalue weighted by molar-refractivity contribution is 0.145. The highest BCUT2D eigenvalue weighted by atomic mass is 19.1.